The third-order valence-electron chi connectivity index (χ3n) is 4.13. The van der Waals surface area contributed by atoms with Crippen molar-refractivity contribution < 1.29 is 9.21 Å². The van der Waals surface area contributed by atoms with E-state index in [4.69, 9.17) is 16.0 Å². The maximum Gasteiger partial charge on any atom is 0.257 e. The third-order valence-corrected chi connectivity index (χ3v) is 5.18. The second-order valence-corrected chi connectivity index (χ2v) is 7.17. The van der Waals surface area contributed by atoms with Crippen molar-refractivity contribution in [3.8, 4) is 0 Å². The van der Waals surface area contributed by atoms with Crippen LogP contribution < -0.4 is 0 Å². The summed E-state index contributed by atoms with van der Waals surface area (Å²) in [5.74, 6) is 0.514. The molecule has 0 bridgehead atoms. The summed E-state index contributed by atoms with van der Waals surface area (Å²) in [6.07, 6.45) is 3.37. The summed E-state index contributed by atoms with van der Waals surface area (Å²) in [7, 11) is 0. The molecule has 0 spiro atoms. The molecule has 1 aliphatic rings. The van der Waals surface area contributed by atoms with Gasteiger partial charge in [0, 0.05) is 17.1 Å². The van der Waals surface area contributed by atoms with Crippen LogP contribution in [0.4, 0.5) is 0 Å². The molecular formula is C16H19ClN2O2S. The zero-order valence-electron chi connectivity index (χ0n) is 12.7. The fourth-order valence-electron chi connectivity index (χ4n) is 3.05. The fourth-order valence-corrected chi connectivity index (χ4v) is 3.93. The van der Waals surface area contributed by atoms with E-state index in [0.29, 0.717) is 33.7 Å². The minimum Gasteiger partial charge on any atom is -0.431 e. The van der Waals surface area contributed by atoms with Crippen molar-refractivity contribution in [3.05, 3.63) is 23.2 Å². The number of rotatable bonds is 3. The quantitative estimate of drug-likeness (QED) is 0.780. The Hall–Kier alpha value is -1.20. The lowest BCUT2D eigenvalue weighted by Gasteiger charge is -2.39. The number of nitrogens with zero attached hydrogens (tertiary/aromatic N) is 2. The molecule has 1 saturated heterocycles. The van der Waals surface area contributed by atoms with Crippen molar-refractivity contribution in [2.45, 2.75) is 50.4 Å². The highest BCUT2D eigenvalue weighted by molar-refractivity contribution is 7.99. The number of benzene rings is 1. The minimum atomic E-state index is 0.157. The lowest BCUT2D eigenvalue weighted by molar-refractivity contribution is -0.134. The number of hydrogen-bond donors (Lipinski definition) is 0. The number of fused-ring (bicyclic) bond motifs is 1. The number of carbonyl (C=O) groups excluding carboxylic acids is 1. The van der Waals surface area contributed by atoms with Gasteiger partial charge >= 0.3 is 0 Å². The number of halogens is 1. The van der Waals surface area contributed by atoms with Crippen LogP contribution in [0.3, 0.4) is 0 Å². The van der Waals surface area contributed by atoms with Crippen LogP contribution in [0, 0.1) is 0 Å². The average molecular weight is 339 g/mol. The second-order valence-electron chi connectivity index (χ2n) is 5.81. The Kier molecular flexibility index (Phi) is 4.64. The summed E-state index contributed by atoms with van der Waals surface area (Å²) in [5.41, 5.74) is 1.42. The predicted octanol–water partition coefficient (Wildman–Crippen LogP) is 4.36. The average Bonchev–Trinajstić information content (AvgIpc) is 2.87. The Labute approximate surface area is 139 Å². The lowest BCUT2D eigenvalue weighted by atomic mass is 9.98. The second kappa shape index (κ2) is 6.50. The normalized spacial score (nSPS) is 22.2. The van der Waals surface area contributed by atoms with Gasteiger partial charge in [0.2, 0.25) is 5.91 Å². The van der Waals surface area contributed by atoms with Crippen LogP contribution in [0.2, 0.25) is 5.02 Å². The molecule has 3 rings (SSSR count). The molecular weight excluding hydrogens is 320 g/mol. The van der Waals surface area contributed by atoms with Gasteiger partial charge in [0.25, 0.3) is 5.22 Å². The lowest BCUT2D eigenvalue weighted by Crippen LogP contribution is -2.48. The summed E-state index contributed by atoms with van der Waals surface area (Å²) < 4.78 is 5.64. The summed E-state index contributed by atoms with van der Waals surface area (Å²) in [6, 6.07) is 5.97. The van der Waals surface area contributed by atoms with Crippen LogP contribution in [0.1, 0.15) is 33.1 Å². The molecule has 2 heterocycles. The first-order valence-corrected chi connectivity index (χ1v) is 8.91. The molecule has 2 atom stereocenters. The van der Waals surface area contributed by atoms with Gasteiger partial charge in [-0.25, -0.2) is 4.98 Å². The van der Waals surface area contributed by atoms with E-state index >= 15 is 0 Å². The van der Waals surface area contributed by atoms with Gasteiger partial charge in [-0.15, -0.1) is 0 Å². The van der Waals surface area contributed by atoms with Gasteiger partial charge in [-0.3, -0.25) is 4.79 Å². The Bertz CT molecular complexity index is 678. The van der Waals surface area contributed by atoms with Gasteiger partial charge in [-0.2, -0.15) is 0 Å². The summed E-state index contributed by atoms with van der Waals surface area (Å²) in [5, 5.41) is 1.15. The van der Waals surface area contributed by atoms with Gasteiger partial charge in [0.1, 0.15) is 5.52 Å². The van der Waals surface area contributed by atoms with Gasteiger partial charge in [-0.1, -0.05) is 23.4 Å². The molecule has 0 saturated carbocycles. The first kappa shape index (κ1) is 15.7. The molecule has 0 aliphatic carbocycles. The Morgan fingerprint density at radius 2 is 2.14 bits per heavy atom. The molecule has 1 aliphatic heterocycles. The van der Waals surface area contributed by atoms with Crippen molar-refractivity contribution in [1.29, 1.82) is 0 Å². The molecule has 6 heteroatoms. The number of oxazole rings is 1. The number of thioether (sulfide) groups is 1. The zero-order valence-corrected chi connectivity index (χ0v) is 14.3. The maximum atomic E-state index is 12.5. The Morgan fingerprint density at radius 3 is 2.86 bits per heavy atom. The number of likely N-dealkylation sites (tertiary alicyclic amines) is 1. The SMILES string of the molecule is CC1CCCC(C)N1C(=O)CSc1nc2cc(Cl)ccc2o1. The molecule has 1 fully saturated rings. The Balaban J connectivity index is 1.66. The molecule has 2 unspecified atom stereocenters. The van der Waals surface area contributed by atoms with E-state index in [1.807, 2.05) is 4.90 Å². The molecule has 0 N–H and O–H groups in total. The van der Waals surface area contributed by atoms with E-state index in [1.165, 1.54) is 18.2 Å². The van der Waals surface area contributed by atoms with E-state index < -0.39 is 0 Å². The molecule has 4 nitrogen and oxygen atoms in total. The summed E-state index contributed by atoms with van der Waals surface area (Å²) in [6.45, 7) is 4.25. The number of amides is 1. The van der Waals surface area contributed by atoms with Crippen molar-refractivity contribution in [2.24, 2.45) is 0 Å². The van der Waals surface area contributed by atoms with E-state index in [0.717, 1.165) is 18.4 Å². The Morgan fingerprint density at radius 1 is 1.41 bits per heavy atom. The van der Waals surface area contributed by atoms with Crippen LogP contribution in [-0.4, -0.2) is 33.6 Å². The largest absolute Gasteiger partial charge is 0.431 e. The highest BCUT2D eigenvalue weighted by Gasteiger charge is 2.28. The van der Waals surface area contributed by atoms with E-state index in [1.54, 1.807) is 18.2 Å². The van der Waals surface area contributed by atoms with E-state index in [2.05, 4.69) is 18.8 Å². The third kappa shape index (κ3) is 3.25. The van der Waals surface area contributed by atoms with Gasteiger partial charge < -0.3 is 9.32 Å². The maximum absolute atomic E-state index is 12.5. The number of piperidine rings is 1. The van der Waals surface area contributed by atoms with Crippen molar-refractivity contribution in [1.82, 2.24) is 9.88 Å². The predicted molar refractivity (Wildman–Crippen MR) is 89.4 cm³/mol. The van der Waals surface area contributed by atoms with Crippen LogP contribution in [0.15, 0.2) is 27.8 Å². The van der Waals surface area contributed by atoms with Crippen LogP contribution in [0.25, 0.3) is 11.1 Å². The van der Waals surface area contributed by atoms with E-state index in [9.17, 15) is 4.79 Å². The van der Waals surface area contributed by atoms with Crippen molar-refractivity contribution in [2.75, 3.05) is 5.75 Å². The summed E-state index contributed by atoms with van der Waals surface area (Å²) in [4.78, 5) is 18.9. The smallest absolute Gasteiger partial charge is 0.257 e. The monoisotopic (exact) mass is 338 g/mol. The molecule has 118 valence electrons. The molecule has 2 aromatic rings. The standard InChI is InChI=1S/C16H19ClN2O2S/c1-10-4-3-5-11(2)19(10)15(20)9-22-16-18-13-8-12(17)6-7-14(13)21-16/h6-8,10-11H,3-5,9H2,1-2H3. The molecule has 1 aromatic heterocycles. The fraction of sp³-hybridized carbons (Fsp3) is 0.500. The first-order valence-electron chi connectivity index (χ1n) is 7.54. The van der Waals surface area contributed by atoms with Crippen molar-refractivity contribution in [3.63, 3.8) is 0 Å². The van der Waals surface area contributed by atoms with Crippen LogP contribution in [-0.2, 0) is 4.79 Å². The molecule has 0 radical (unpaired) electrons. The van der Waals surface area contributed by atoms with Crippen LogP contribution >= 0.6 is 23.4 Å². The molecule has 1 aromatic carbocycles. The summed E-state index contributed by atoms with van der Waals surface area (Å²) >= 11 is 7.29. The topological polar surface area (TPSA) is 46.3 Å². The first-order chi connectivity index (χ1) is 10.5. The number of hydrogen-bond acceptors (Lipinski definition) is 4. The van der Waals surface area contributed by atoms with Gasteiger partial charge in [0.05, 0.1) is 5.75 Å². The highest BCUT2D eigenvalue weighted by atomic mass is 35.5. The van der Waals surface area contributed by atoms with Gasteiger partial charge in [-0.05, 0) is 51.3 Å². The number of carbonyl (C=O) groups is 1. The minimum absolute atomic E-state index is 0.157. The van der Waals surface area contributed by atoms with Crippen LogP contribution in [0.5, 0.6) is 0 Å². The molecule has 1 amide bonds. The number of aromatic nitrogens is 1. The van der Waals surface area contributed by atoms with Crippen molar-refractivity contribution >= 4 is 40.4 Å². The highest BCUT2D eigenvalue weighted by Crippen LogP contribution is 2.28. The molecule has 22 heavy (non-hydrogen) atoms. The van der Waals surface area contributed by atoms with Gasteiger partial charge in [0.15, 0.2) is 5.58 Å². The van der Waals surface area contributed by atoms with E-state index in [-0.39, 0.29) is 5.91 Å². The zero-order chi connectivity index (χ0) is 15.7.